The number of hydrogen-bond acceptors (Lipinski definition) is 4. The molecular formula is C20H23NO3S. The summed E-state index contributed by atoms with van der Waals surface area (Å²) >= 11 is 1.44. The lowest BCUT2D eigenvalue weighted by Crippen LogP contribution is -2.25. The van der Waals surface area contributed by atoms with Gasteiger partial charge in [-0.05, 0) is 25.3 Å². The molecule has 0 unspecified atom stereocenters. The summed E-state index contributed by atoms with van der Waals surface area (Å²) in [5.74, 6) is -0.352. The zero-order chi connectivity index (χ0) is 17.8. The molecule has 0 radical (unpaired) electrons. The van der Waals surface area contributed by atoms with E-state index < -0.39 is 5.97 Å². The first-order valence-corrected chi connectivity index (χ1v) is 9.51. The minimum absolute atomic E-state index is 0.0192. The van der Waals surface area contributed by atoms with Crippen LogP contribution >= 0.6 is 11.3 Å². The number of methoxy groups -OCH3 is 1. The molecule has 1 saturated carbocycles. The van der Waals surface area contributed by atoms with Crippen LogP contribution in [0.4, 0.5) is 5.00 Å². The van der Waals surface area contributed by atoms with Crippen molar-refractivity contribution in [2.75, 3.05) is 12.4 Å². The van der Waals surface area contributed by atoms with Gasteiger partial charge in [-0.25, -0.2) is 4.79 Å². The Kier molecular flexibility index (Phi) is 5.53. The Balaban J connectivity index is 1.96. The fourth-order valence-corrected chi connectivity index (χ4v) is 4.53. The highest BCUT2D eigenvalue weighted by atomic mass is 32.1. The summed E-state index contributed by atoms with van der Waals surface area (Å²) < 4.78 is 5.00. The van der Waals surface area contributed by atoms with E-state index in [9.17, 15) is 9.59 Å². The fourth-order valence-electron chi connectivity index (χ4n) is 3.46. The number of aryl methyl sites for hydroxylation is 1. The first-order chi connectivity index (χ1) is 12.1. The molecule has 1 heterocycles. The standard InChI is InChI=1S/C20H23NO3S/c1-13-16(14-9-5-3-6-10-14)17(20(23)24-2)19(25-13)21-18(22)15-11-7-4-8-12-15/h3,5-6,9-10,15H,4,7-8,11-12H2,1-2H3,(H,21,22). The number of benzene rings is 1. The summed E-state index contributed by atoms with van der Waals surface area (Å²) in [5, 5.41) is 3.60. The number of thiophene rings is 1. The molecule has 132 valence electrons. The van der Waals surface area contributed by atoms with Crippen LogP contribution in [0.5, 0.6) is 0 Å². The lowest BCUT2D eigenvalue weighted by atomic mass is 9.88. The second kappa shape index (κ2) is 7.83. The summed E-state index contributed by atoms with van der Waals surface area (Å²) in [6.45, 7) is 1.97. The predicted molar refractivity (Wildman–Crippen MR) is 101 cm³/mol. The topological polar surface area (TPSA) is 55.4 Å². The van der Waals surface area contributed by atoms with E-state index in [-0.39, 0.29) is 11.8 Å². The Labute approximate surface area is 152 Å². The quantitative estimate of drug-likeness (QED) is 0.781. The Morgan fingerprint density at radius 1 is 1.12 bits per heavy atom. The van der Waals surface area contributed by atoms with Gasteiger partial charge in [0.05, 0.1) is 7.11 Å². The van der Waals surface area contributed by atoms with E-state index in [2.05, 4.69) is 5.32 Å². The Bertz CT molecular complexity index is 761. The minimum Gasteiger partial charge on any atom is -0.465 e. The molecule has 1 aliphatic carbocycles. The zero-order valence-corrected chi connectivity index (χ0v) is 15.4. The van der Waals surface area contributed by atoms with Crippen molar-refractivity contribution >= 4 is 28.2 Å². The maximum atomic E-state index is 12.6. The normalized spacial score (nSPS) is 15.0. The third-order valence-electron chi connectivity index (χ3n) is 4.75. The highest BCUT2D eigenvalue weighted by Gasteiger charge is 2.27. The highest BCUT2D eigenvalue weighted by Crippen LogP contribution is 2.40. The van der Waals surface area contributed by atoms with Crippen molar-refractivity contribution in [2.45, 2.75) is 39.0 Å². The molecule has 0 saturated heterocycles. The Hall–Kier alpha value is -2.14. The maximum Gasteiger partial charge on any atom is 0.341 e. The lowest BCUT2D eigenvalue weighted by Gasteiger charge is -2.20. The van der Waals surface area contributed by atoms with E-state index >= 15 is 0 Å². The highest BCUT2D eigenvalue weighted by molar-refractivity contribution is 7.17. The average Bonchev–Trinajstić information content (AvgIpc) is 2.98. The van der Waals surface area contributed by atoms with Gasteiger partial charge < -0.3 is 10.1 Å². The zero-order valence-electron chi connectivity index (χ0n) is 14.6. The summed E-state index contributed by atoms with van der Waals surface area (Å²) in [6.07, 6.45) is 5.25. The van der Waals surface area contributed by atoms with Gasteiger partial charge >= 0.3 is 5.97 Å². The van der Waals surface area contributed by atoms with Crippen LogP contribution < -0.4 is 5.32 Å². The number of anilines is 1. The van der Waals surface area contributed by atoms with Gasteiger partial charge in [0.15, 0.2) is 0 Å². The van der Waals surface area contributed by atoms with E-state index in [0.717, 1.165) is 41.7 Å². The Morgan fingerprint density at radius 3 is 2.44 bits per heavy atom. The van der Waals surface area contributed by atoms with E-state index in [0.29, 0.717) is 10.6 Å². The number of esters is 1. The second-order valence-corrected chi connectivity index (χ2v) is 7.64. The van der Waals surface area contributed by atoms with Crippen LogP contribution in [0.2, 0.25) is 0 Å². The summed E-state index contributed by atoms with van der Waals surface area (Å²) in [6, 6.07) is 9.75. The third kappa shape index (κ3) is 3.76. The van der Waals surface area contributed by atoms with Gasteiger partial charge in [-0.15, -0.1) is 11.3 Å². The molecule has 1 fully saturated rings. The van der Waals surface area contributed by atoms with Crippen molar-refractivity contribution in [1.29, 1.82) is 0 Å². The molecule has 1 aromatic heterocycles. The number of hydrogen-bond donors (Lipinski definition) is 1. The van der Waals surface area contributed by atoms with Crippen molar-refractivity contribution < 1.29 is 14.3 Å². The molecule has 1 N–H and O–H groups in total. The molecule has 1 aromatic carbocycles. The summed E-state index contributed by atoms with van der Waals surface area (Å²) in [4.78, 5) is 26.1. The number of nitrogens with one attached hydrogen (secondary N) is 1. The van der Waals surface area contributed by atoms with Gasteiger partial charge in [-0.3, -0.25) is 4.79 Å². The molecule has 0 atom stereocenters. The van der Waals surface area contributed by atoms with Gasteiger partial charge in [0.25, 0.3) is 0 Å². The average molecular weight is 357 g/mol. The number of rotatable bonds is 4. The molecule has 5 heteroatoms. The molecule has 0 spiro atoms. The number of carbonyl (C=O) groups is 2. The molecule has 1 amide bonds. The van der Waals surface area contributed by atoms with Crippen molar-refractivity contribution in [3.05, 3.63) is 40.8 Å². The summed E-state index contributed by atoms with van der Waals surface area (Å²) in [5.41, 5.74) is 2.26. The molecule has 25 heavy (non-hydrogen) atoms. The van der Waals surface area contributed by atoms with Gasteiger partial charge in [0, 0.05) is 16.4 Å². The van der Waals surface area contributed by atoms with Crippen LogP contribution in [0.1, 0.15) is 47.3 Å². The smallest absolute Gasteiger partial charge is 0.341 e. The molecule has 0 bridgehead atoms. The maximum absolute atomic E-state index is 12.6. The van der Waals surface area contributed by atoms with Crippen molar-refractivity contribution in [1.82, 2.24) is 0 Å². The molecule has 2 aromatic rings. The first-order valence-electron chi connectivity index (χ1n) is 8.69. The SMILES string of the molecule is COC(=O)c1c(NC(=O)C2CCCCC2)sc(C)c1-c1ccccc1. The third-order valence-corrected chi connectivity index (χ3v) is 5.77. The van der Waals surface area contributed by atoms with E-state index in [1.54, 1.807) is 0 Å². The van der Waals surface area contributed by atoms with Crippen molar-refractivity contribution in [3.63, 3.8) is 0 Å². The van der Waals surface area contributed by atoms with Crippen LogP contribution in [-0.4, -0.2) is 19.0 Å². The van der Waals surface area contributed by atoms with Gasteiger partial charge in [0.2, 0.25) is 5.91 Å². The van der Waals surface area contributed by atoms with Gasteiger partial charge in [-0.1, -0.05) is 49.6 Å². The molecule has 0 aliphatic heterocycles. The van der Waals surface area contributed by atoms with Gasteiger partial charge in [0.1, 0.15) is 10.6 Å². The molecule has 4 nitrogen and oxygen atoms in total. The monoisotopic (exact) mass is 357 g/mol. The predicted octanol–water partition coefficient (Wildman–Crippen LogP) is 5.03. The van der Waals surface area contributed by atoms with Gasteiger partial charge in [-0.2, -0.15) is 0 Å². The fraction of sp³-hybridized carbons (Fsp3) is 0.400. The largest absolute Gasteiger partial charge is 0.465 e. The van der Waals surface area contributed by atoms with E-state index in [4.69, 9.17) is 4.74 Å². The number of carbonyl (C=O) groups excluding carboxylic acids is 2. The number of ether oxygens (including phenoxy) is 1. The Morgan fingerprint density at radius 2 is 1.80 bits per heavy atom. The van der Waals surface area contributed by atoms with Crippen LogP contribution in [0.25, 0.3) is 11.1 Å². The lowest BCUT2D eigenvalue weighted by molar-refractivity contribution is -0.120. The molecule has 1 aliphatic rings. The van der Waals surface area contributed by atoms with E-state index in [1.165, 1.54) is 24.9 Å². The van der Waals surface area contributed by atoms with Crippen LogP contribution in [0.15, 0.2) is 30.3 Å². The van der Waals surface area contributed by atoms with Crippen molar-refractivity contribution in [2.24, 2.45) is 5.92 Å². The van der Waals surface area contributed by atoms with Crippen molar-refractivity contribution in [3.8, 4) is 11.1 Å². The number of amides is 1. The molecule has 3 rings (SSSR count). The molecular weight excluding hydrogens is 334 g/mol. The second-order valence-electron chi connectivity index (χ2n) is 6.42. The summed E-state index contributed by atoms with van der Waals surface area (Å²) in [7, 11) is 1.37. The van der Waals surface area contributed by atoms with E-state index in [1.807, 2.05) is 37.3 Å². The van der Waals surface area contributed by atoms with Crippen LogP contribution in [0.3, 0.4) is 0 Å². The van der Waals surface area contributed by atoms with Crippen LogP contribution in [0, 0.1) is 12.8 Å². The minimum atomic E-state index is -0.415. The van der Waals surface area contributed by atoms with Crippen LogP contribution in [-0.2, 0) is 9.53 Å². The first kappa shape index (κ1) is 17.7.